The first kappa shape index (κ1) is 11.2. The Morgan fingerprint density at radius 1 is 0.833 bits per heavy atom. The molecule has 0 aliphatic heterocycles. The van der Waals surface area contributed by atoms with Crippen LogP contribution in [0.15, 0.2) is 71.3 Å². The summed E-state index contributed by atoms with van der Waals surface area (Å²) < 4.78 is 3.02. The summed E-state index contributed by atoms with van der Waals surface area (Å²) in [6, 6.07) is 20.3. The van der Waals surface area contributed by atoms with Crippen LogP contribution in [-0.2, 0) is 0 Å². The largest absolute Gasteiger partial charge is 0.233 e. The van der Waals surface area contributed by atoms with E-state index in [-0.39, 0.29) is 0 Å². The molecule has 0 saturated heterocycles. The van der Waals surface area contributed by atoms with E-state index in [4.69, 9.17) is 0 Å². The van der Waals surface area contributed by atoms with Crippen LogP contribution in [0, 0.1) is 0 Å². The van der Waals surface area contributed by atoms with Crippen molar-refractivity contribution >= 4 is 15.9 Å². The summed E-state index contributed by atoms with van der Waals surface area (Å²) >= 11 is 3.58. The van der Waals surface area contributed by atoms with E-state index in [0.29, 0.717) is 0 Å². The number of nitrogens with zero attached hydrogens (tertiary/aromatic N) is 2. The predicted molar refractivity (Wildman–Crippen MR) is 76.7 cm³/mol. The van der Waals surface area contributed by atoms with E-state index in [0.717, 1.165) is 21.4 Å². The van der Waals surface area contributed by atoms with Crippen molar-refractivity contribution in [3.8, 4) is 16.9 Å². The molecule has 88 valence electrons. The second-order valence-electron chi connectivity index (χ2n) is 3.94. The van der Waals surface area contributed by atoms with Crippen LogP contribution >= 0.6 is 15.9 Å². The molecule has 0 bridgehead atoms. The van der Waals surface area contributed by atoms with Crippen molar-refractivity contribution in [1.82, 2.24) is 9.78 Å². The Labute approximate surface area is 114 Å². The van der Waals surface area contributed by atoms with Crippen LogP contribution in [0.1, 0.15) is 0 Å². The lowest BCUT2D eigenvalue weighted by atomic mass is 10.1. The Balaban J connectivity index is 2.16. The summed E-state index contributed by atoms with van der Waals surface area (Å²) in [6.45, 7) is 0. The van der Waals surface area contributed by atoms with Gasteiger partial charge in [0.15, 0.2) is 0 Å². The van der Waals surface area contributed by atoms with Gasteiger partial charge >= 0.3 is 0 Å². The Bertz CT molecular complexity index is 659. The van der Waals surface area contributed by atoms with Gasteiger partial charge in [0, 0.05) is 10.0 Å². The minimum Gasteiger partial charge on any atom is -0.233 e. The summed E-state index contributed by atoms with van der Waals surface area (Å²) in [7, 11) is 0. The summed E-state index contributed by atoms with van der Waals surface area (Å²) in [5.74, 6) is 0. The highest BCUT2D eigenvalue weighted by atomic mass is 79.9. The molecule has 0 unspecified atom stereocenters. The fourth-order valence-corrected chi connectivity index (χ4v) is 2.44. The summed E-state index contributed by atoms with van der Waals surface area (Å²) in [6.07, 6.45) is 1.82. The van der Waals surface area contributed by atoms with Crippen LogP contribution in [-0.4, -0.2) is 9.78 Å². The van der Waals surface area contributed by atoms with E-state index >= 15 is 0 Å². The molecule has 0 fully saturated rings. The molecule has 2 nitrogen and oxygen atoms in total. The van der Waals surface area contributed by atoms with E-state index in [1.165, 1.54) is 0 Å². The van der Waals surface area contributed by atoms with Gasteiger partial charge in [-0.05, 0) is 24.3 Å². The topological polar surface area (TPSA) is 17.8 Å². The molecular weight excluding hydrogens is 288 g/mol. The van der Waals surface area contributed by atoms with Crippen molar-refractivity contribution < 1.29 is 0 Å². The average Bonchev–Trinajstić information content (AvgIpc) is 2.89. The van der Waals surface area contributed by atoms with Gasteiger partial charge in [0.05, 0.1) is 17.6 Å². The zero-order chi connectivity index (χ0) is 12.4. The fourth-order valence-electron chi connectivity index (χ4n) is 1.95. The number of halogens is 1. The highest BCUT2D eigenvalue weighted by Crippen LogP contribution is 2.29. The van der Waals surface area contributed by atoms with Crippen molar-refractivity contribution in [3.05, 3.63) is 71.3 Å². The number of hydrogen-bond acceptors (Lipinski definition) is 1. The highest BCUT2D eigenvalue weighted by Gasteiger charge is 2.09. The normalized spacial score (nSPS) is 10.5. The fraction of sp³-hybridized carbons (Fsp3) is 0. The van der Waals surface area contributed by atoms with Crippen LogP contribution in [0.25, 0.3) is 16.9 Å². The molecule has 2 aromatic carbocycles. The summed E-state index contributed by atoms with van der Waals surface area (Å²) in [5, 5.41) is 4.40. The third-order valence-electron chi connectivity index (χ3n) is 2.79. The molecule has 0 saturated carbocycles. The minimum absolute atomic E-state index is 1.06. The molecule has 0 radical (unpaired) electrons. The van der Waals surface area contributed by atoms with Crippen molar-refractivity contribution in [2.75, 3.05) is 0 Å². The van der Waals surface area contributed by atoms with E-state index in [1.807, 2.05) is 65.5 Å². The van der Waals surface area contributed by atoms with E-state index in [9.17, 15) is 0 Å². The smallest absolute Gasteiger partial charge is 0.0752 e. The molecule has 1 heterocycles. The van der Waals surface area contributed by atoms with Gasteiger partial charge in [-0.3, -0.25) is 0 Å². The second-order valence-corrected chi connectivity index (χ2v) is 4.80. The number of benzene rings is 2. The Hall–Kier alpha value is -1.87. The number of hydrogen-bond donors (Lipinski definition) is 0. The molecule has 0 aliphatic rings. The highest BCUT2D eigenvalue weighted by molar-refractivity contribution is 9.10. The molecule has 0 spiro atoms. The monoisotopic (exact) mass is 298 g/mol. The molecule has 0 amide bonds. The molecule has 0 N–H and O–H groups in total. The van der Waals surface area contributed by atoms with Gasteiger partial charge in [-0.2, -0.15) is 5.10 Å². The minimum atomic E-state index is 1.06. The standard InChI is InChI=1S/C15H11BrN2/c16-14-9-5-4-8-13(14)15-10-11-17-18(15)12-6-2-1-3-7-12/h1-11H. The number of rotatable bonds is 2. The lowest BCUT2D eigenvalue weighted by Crippen LogP contribution is -1.98. The van der Waals surface area contributed by atoms with Crippen LogP contribution in [0.5, 0.6) is 0 Å². The Morgan fingerprint density at radius 2 is 1.56 bits per heavy atom. The van der Waals surface area contributed by atoms with Crippen LogP contribution in [0.2, 0.25) is 0 Å². The van der Waals surface area contributed by atoms with Crippen LogP contribution < -0.4 is 0 Å². The van der Waals surface area contributed by atoms with Crippen LogP contribution in [0.4, 0.5) is 0 Å². The summed E-state index contributed by atoms with van der Waals surface area (Å²) in [5.41, 5.74) is 3.28. The molecule has 3 rings (SSSR count). The number of para-hydroxylation sites is 1. The van der Waals surface area contributed by atoms with Gasteiger partial charge in [-0.25, -0.2) is 4.68 Å². The first-order valence-corrected chi connectivity index (χ1v) is 6.50. The van der Waals surface area contributed by atoms with E-state index in [2.05, 4.69) is 27.1 Å². The molecular formula is C15H11BrN2. The molecule has 0 aliphatic carbocycles. The van der Waals surface area contributed by atoms with Gasteiger partial charge < -0.3 is 0 Å². The molecule has 18 heavy (non-hydrogen) atoms. The van der Waals surface area contributed by atoms with Gasteiger partial charge in [0.25, 0.3) is 0 Å². The van der Waals surface area contributed by atoms with Gasteiger partial charge in [-0.15, -0.1) is 0 Å². The van der Waals surface area contributed by atoms with Crippen molar-refractivity contribution in [3.63, 3.8) is 0 Å². The van der Waals surface area contributed by atoms with E-state index in [1.54, 1.807) is 0 Å². The average molecular weight is 299 g/mol. The number of aromatic nitrogens is 2. The third-order valence-corrected chi connectivity index (χ3v) is 3.48. The Morgan fingerprint density at radius 3 is 2.33 bits per heavy atom. The predicted octanol–water partition coefficient (Wildman–Crippen LogP) is 4.30. The maximum absolute atomic E-state index is 4.40. The van der Waals surface area contributed by atoms with Gasteiger partial charge in [0.2, 0.25) is 0 Å². The molecule has 3 heteroatoms. The molecule has 1 aromatic heterocycles. The van der Waals surface area contributed by atoms with Crippen molar-refractivity contribution in [2.45, 2.75) is 0 Å². The van der Waals surface area contributed by atoms with E-state index < -0.39 is 0 Å². The lowest BCUT2D eigenvalue weighted by Gasteiger charge is -2.08. The second kappa shape index (κ2) is 4.78. The van der Waals surface area contributed by atoms with Crippen molar-refractivity contribution in [2.24, 2.45) is 0 Å². The zero-order valence-corrected chi connectivity index (χ0v) is 11.2. The third kappa shape index (κ3) is 1.97. The van der Waals surface area contributed by atoms with Crippen LogP contribution in [0.3, 0.4) is 0 Å². The zero-order valence-electron chi connectivity index (χ0n) is 9.62. The van der Waals surface area contributed by atoms with Crippen molar-refractivity contribution in [1.29, 1.82) is 0 Å². The molecule has 3 aromatic rings. The molecule has 0 atom stereocenters. The van der Waals surface area contributed by atoms with Gasteiger partial charge in [0.1, 0.15) is 0 Å². The first-order chi connectivity index (χ1) is 8.86. The lowest BCUT2D eigenvalue weighted by molar-refractivity contribution is 0.887. The Kier molecular flexibility index (Phi) is 2.99. The SMILES string of the molecule is Brc1ccccc1-c1ccnn1-c1ccccc1. The van der Waals surface area contributed by atoms with Gasteiger partial charge in [-0.1, -0.05) is 52.3 Å². The maximum Gasteiger partial charge on any atom is 0.0752 e. The first-order valence-electron chi connectivity index (χ1n) is 5.70. The summed E-state index contributed by atoms with van der Waals surface area (Å²) in [4.78, 5) is 0. The maximum atomic E-state index is 4.40. The quantitative estimate of drug-likeness (QED) is 0.690.